The summed E-state index contributed by atoms with van der Waals surface area (Å²) in [5.74, 6) is 0. The van der Waals surface area contributed by atoms with Gasteiger partial charge in [-0.05, 0) is 58.9 Å². The lowest BCUT2D eigenvalue weighted by Crippen LogP contribution is -2.53. The third-order valence-corrected chi connectivity index (χ3v) is 4.42. The summed E-state index contributed by atoms with van der Waals surface area (Å²) in [6.07, 6.45) is 3.95. The number of hydrogen-bond donors (Lipinski definition) is 2. The van der Waals surface area contributed by atoms with Crippen molar-refractivity contribution >= 4 is 33.5 Å². The lowest BCUT2D eigenvalue weighted by atomic mass is 9.82. The first-order valence-electron chi connectivity index (χ1n) is 7.60. The van der Waals surface area contributed by atoms with Gasteiger partial charge in [-0.1, -0.05) is 17.4 Å². The Hall–Kier alpha value is -1.63. The predicted octanol–water partition coefficient (Wildman–Crippen LogP) is 3.01. The van der Waals surface area contributed by atoms with Gasteiger partial charge in [-0.3, -0.25) is 4.79 Å². The van der Waals surface area contributed by atoms with Gasteiger partial charge in [-0.2, -0.15) is 0 Å². The largest absolute Gasteiger partial charge is 0.333 e. The lowest BCUT2D eigenvalue weighted by molar-refractivity contribution is 0.112. The van der Waals surface area contributed by atoms with Crippen molar-refractivity contribution in [1.82, 2.24) is 15.3 Å². The number of rotatable bonds is 2. The molecule has 124 valence electrons. The first kappa shape index (κ1) is 17.7. The fourth-order valence-electron chi connectivity index (χ4n) is 3.14. The van der Waals surface area contributed by atoms with Gasteiger partial charge in [-0.15, -0.1) is 0 Å². The maximum atomic E-state index is 10.8. The molecule has 1 aliphatic heterocycles. The molecule has 0 saturated heterocycles. The third-order valence-electron chi connectivity index (χ3n) is 3.53. The summed E-state index contributed by atoms with van der Waals surface area (Å²) in [6, 6.07) is 3.95. The number of carbonyl (C=O) groups excluding carboxylic acids is 1. The van der Waals surface area contributed by atoms with Crippen LogP contribution in [0.2, 0.25) is 0 Å². The predicted molar refractivity (Wildman–Crippen MR) is 96.8 cm³/mol. The molecule has 0 bridgehead atoms. The van der Waals surface area contributed by atoms with Gasteiger partial charge in [0.15, 0.2) is 11.3 Å². The third kappa shape index (κ3) is 4.02. The molecule has 2 aromatic heterocycles. The minimum Gasteiger partial charge on any atom is -0.333 e. The molecule has 0 saturated carbocycles. The number of aldehydes is 1. The summed E-state index contributed by atoms with van der Waals surface area (Å²) < 4.78 is 0. The number of aromatic nitrogens is 2. The Morgan fingerprint density at radius 3 is 2.52 bits per heavy atom. The van der Waals surface area contributed by atoms with E-state index < -0.39 is 0 Å². The second-order valence-corrected chi connectivity index (χ2v) is 7.78. The summed E-state index contributed by atoms with van der Waals surface area (Å²) in [7, 11) is 1.50. The molecule has 0 atom stereocenters. The summed E-state index contributed by atoms with van der Waals surface area (Å²) >= 11 is 1.34. The van der Waals surface area contributed by atoms with Crippen LogP contribution in [-0.2, 0) is 0 Å². The van der Waals surface area contributed by atoms with Crippen molar-refractivity contribution in [1.29, 1.82) is 0 Å². The minimum atomic E-state index is -0.0601. The van der Waals surface area contributed by atoms with Crippen molar-refractivity contribution in [2.75, 3.05) is 7.05 Å². The molecule has 23 heavy (non-hydrogen) atoms. The van der Waals surface area contributed by atoms with Crippen LogP contribution in [0.15, 0.2) is 18.2 Å². The SMILES string of the molecule is CC1(C)C=C(c2ccc3nc(C=O)sc3n2)CC(C)(C)N1.CN. The number of nitrogens with two attached hydrogens (primary N) is 1. The number of thiazole rings is 1. The van der Waals surface area contributed by atoms with Gasteiger partial charge in [0.2, 0.25) is 0 Å². The van der Waals surface area contributed by atoms with E-state index in [0.29, 0.717) is 5.01 Å². The Morgan fingerprint density at radius 2 is 1.91 bits per heavy atom. The van der Waals surface area contributed by atoms with Crippen molar-refractivity contribution < 1.29 is 4.79 Å². The quantitative estimate of drug-likeness (QED) is 0.826. The molecule has 3 heterocycles. The van der Waals surface area contributed by atoms with E-state index in [1.165, 1.54) is 24.0 Å². The average molecular weight is 332 g/mol. The highest BCUT2D eigenvalue weighted by Crippen LogP contribution is 2.33. The van der Waals surface area contributed by atoms with Crippen molar-refractivity contribution in [3.8, 4) is 0 Å². The molecule has 0 fully saturated rings. The maximum Gasteiger partial charge on any atom is 0.178 e. The Balaban J connectivity index is 0.000000924. The number of nitrogens with one attached hydrogen (secondary N) is 1. The van der Waals surface area contributed by atoms with E-state index in [1.807, 2.05) is 12.1 Å². The highest BCUT2D eigenvalue weighted by atomic mass is 32.1. The molecule has 3 rings (SSSR count). The average Bonchev–Trinajstić information content (AvgIpc) is 2.88. The summed E-state index contributed by atoms with van der Waals surface area (Å²) in [5, 5.41) is 4.10. The van der Waals surface area contributed by atoms with Gasteiger partial charge in [-0.25, -0.2) is 9.97 Å². The van der Waals surface area contributed by atoms with Gasteiger partial charge in [0.05, 0.1) is 5.69 Å². The van der Waals surface area contributed by atoms with Gasteiger partial charge < -0.3 is 11.1 Å². The van der Waals surface area contributed by atoms with Crippen LogP contribution in [0.1, 0.15) is 49.6 Å². The van der Waals surface area contributed by atoms with Crippen LogP contribution < -0.4 is 11.1 Å². The van der Waals surface area contributed by atoms with Crippen LogP contribution >= 0.6 is 11.3 Å². The Morgan fingerprint density at radius 1 is 1.22 bits per heavy atom. The topological polar surface area (TPSA) is 80.9 Å². The van der Waals surface area contributed by atoms with E-state index in [9.17, 15) is 4.79 Å². The van der Waals surface area contributed by atoms with E-state index in [1.54, 1.807) is 0 Å². The van der Waals surface area contributed by atoms with Gasteiger partial charge >= 0.3 is 0 Å². The van der Waals surface area contributed by atoms with Gasteiger partial charge in [0.25, 0.3) is 0 Å². The van der Waals surface area contributed by atoms with Crippen LogP contribution in [0, 0.1) is 0 Å². The Labute approximate surface area is 141 Å². The van der Waals surface area contributed by atoms with Crippen LogP contribution in [0.4, 0.5) is 0 Å². The molecular weight excluding hydrogens is 308 g/mol. The Kier molecular flexibility index (Phi) is 4.98. The zero-order valence-electron chi connectivity index (χ0n) is 14.3. The molecule has 1 aliphatic rings. The Bertz CT molecular complexity index is 746. The fourth-order valence-corrected chi connectivity index (χ4v) is 3.90. The number of pyridine rings is 1. The highest BCUT2D eigenvalue weighted by Gasteiger charge is 2.32. The molecule has 0 radical (unpaired) electrons. The van der Waals surface area contributed by atoms with E-state index in [-0.39, 0.29) is 11.1 Å². The van der Waals surface area contributed by atoms with Crippen LogP contribution in [0.5, 0.6) is 0 Å². The molecule has 0 aliphatic carbocycles. The monoisotopic (exact) mass is 332 g/mol. The molecule has 0 aromatic carbocycles. The first-order valence-corrected chi connectivity index (χ1v) is 8.42. The van der Waals surface area contributed by atoms with Crippen molar-refractivity contribution in [2.24, 2.45) is 5.73 Å². The first-order chi connectivity index (χ1) is 10.8. The van der Waals surface area contributed by atoms with Crippen molar-refractivity contribution in [3.05, 3.63) is 28.9 Å². The summed E-state index contributed by atoms with van der Waals surface area (Å²) in [4.78, 5) is 20.6. The van der Waals surface area contributed by atoms with E-state index in [0.717, 1.165) is 28.7 Å². The summed E-state index contributed by atoms with van der Waals surface area (Å²) in [5.41, 5.74) is 7.48. The van der Waals surface area contributed by atoms with E-state index in [4.69, 9.17) is 4.98 Å². The summed E-state index contributed by atoms with van der Waals surface area (Å²) in [6.45, 7) is 8.75. The van der Waals surface area contributed by atoms with Crippen LogP contribution in [0.25, 0.3) is 15.9 Å². The van der Waals surface area contributed by atoms with Crippen LogP contribution in [-0.4, -0.2) is 34.4 Å². The minimum absolute atomic E-state index is 0.0336. The molecule has 0 amide bonds. The maximum absolute atomic E-state index is 10.8. The molecule has 0 spiro atoms. The highest BCUT2D eigenvalue weighted by molar-refractivity contribution is 7.19. The fraction of sp³-hybridized carbons (Fsp3) is 0.471. The van der Waals surface area contributed by atoms with Crippen LogP contribution in [0.3, 0.4) is 0 Å². The molecule has 5 nitrogen and oxygen atoms in total. The van der Waals surface area contributed by atoms with E-state index >= 15 is 0 Å². The molecular formula is C17H24N4OS. The van der Waals surface area contributed by atoms with Gasteiger partial charge in [0, 0.05) is 11.1 Å². The second-order valence-electron chi connectivity index (χ2n) is 6.77. The standard InChI is InChI=1S/C16H19N3OS.CH5N/c1-15(2)7-10(8-16(3,4)19-15)11-5-6-12-14(18-11)21-13(9-20)17-12;1-2/h5-7,9,19H,8H2,1-4H3;2H2,1H3. The normalized spacial score (nSPS) is 18.8. The van der Waals surface area contributed by atoms with Crippen molar-refractivity contribution in [2.45, 2.75) is 45.2 Å². The molecule has 0 unspecified atom stereocenters. The number of hydrogen-bond acceptors (Lipinski definition) is 6. The zero-order valence-corrected chi connectivity index (χ0v) is 15.1. The number of carbonyl (C=O) groups is 1. The van der Waals surface area contributed by atoms with Gasteiger partial charge in [0.1, 0.15) is 10.3 Å². The lowest BCUT2D eigenvalue weighted by Gasteiger charge is -2.41. The van der Waals surface area contributed by atoms with Crippen molar-refractivity contribution in [3.63, 3.8) is 0 Å². The molecule has 6 heteroatoms. The molecule has 3 N–H and O–H groups in total. The second kappa shape index (κ2) is 6.47. The number of fused-ring (bicyclic) bond motifs is 1. The number of nitrogens with zero attached hydrogens (tertiary/aromatic N) is 2. The zero-order chi connectivity index (χ0) is 17.3. The smallest absolute Gasteiger partial charge is 0.178 e. The van der Waals surface area contributed by atoms with E-state index in [2.05, 4.69) is 49.8 Å². The molecule has 2 aromatic rings.